The van der Waals surface area contributed by atoms with E-state index in [1.165, 1.54) is 0 Å². The van der Waals surface area contributed by atoms with Crippen molar-refractivity contribution >= 4 is 17.8 Å². The smallest absolute Gasteiger partial charge is 0.309 e. The second kappa shape index (κ2) is 12.7. The minimum absolute atomic E-state index is 0.0659. The number of aliphatic hydroxyl groups excluding tert-OH is 2. The van der Waals surface area contributed by atoms with Crippen LogP contribution in [0.4, 0.5) is 0 Å². The van der Waals surface area contributed by atoms with E-state index in [9.17, 15) is 19.8 Å². The Morgan fingerprint density at radius 1 is 1.24 bits per heavy atom. The highest BCUT2D eigenvalue weighted by molar-refractivity contribution is 5.88. The first-order chi connectivity index (χ1) is 17.9. The molecule has 2 fully saturated rings. The fourth-order valence-corrected chi connectivity index (χ4v) is 5.48. The molecule has 2 saturated heterocycles. The van der Waals surface area contributed by atoms with Crippen molar-refractivity contribution in [1.82, 2.24) is 4.98 Å². The number of cyclic esters (lactones) is 1. The standard InChI is InChI=1S/C31H45NO6/c1-7-8-14-23-28(35)20(2)12-11-15-31(6)26(38-31)18-24(21(3)17-22-13-9-10-16-32-22)37-27(34)19-25(33)30(4,5)29(23)36/h7,9-10,13,16-17,20,23-26,28,33,35H,1,8,11-12,14-15,18-19H2,2-6H3/b21-17+/t20-,23+,24-,25+,26+,28-,31+/m0/s1. The monoisotopic (exact) mass is 527 g/mol. The molecule has 2 N–H and O–H groups in total. The van der Waals surface area contributed by atoms with Gasteiger partial charge >= 0.3 is 5.97 Å². The fourth-order valence-electron chi connectivity index (χ4n) is 5.48. The van der Waals surface area contributed by atoms with Crippen molar-refractivity contribution in [2.24, 2.45) is 17.3 Å². The van der Waals surface area contributed by atoms with Crippen molar-refractivity contribution < 1.29 is 29.3 Å². The molecule has 0 aliphatic carbocycles. The summed E-state index contributed by atoms with van der Waals surface area (Å²) in [6, 6.07) is 5.62. The molecule has 7 nitrogen and oxygen atoms in total. The number of hydrogen-bond donors (Lipinski definition) is 2. The number of Topliss-reactive ketones (excluding diaryl/α,β-unsaturated/α-hetero) is 1. The Kier molecular flexibility index (Phi) is 10.1. The van der Waals surface area contributed by atoms with Crippen LogP contribution in [0.1, 0.15) is 85.3 Å². The Hall–Kier alpha value is -2.35. The average molecular weight is 528 g/mol. The second-order valence-electron chi connectivity index (χ2n) is 11.9. The molecule has 1 aromatic heterocycles. The summed E-state index contributed by atoms with van der Waals surface area (Å²) in [6.45, 7) is 13.0. The number of allylic oxidation sites excluding steroid dienone is 1. The number of epoxide rings is 1. The number of esters is 1. The molecule has 0 saturated carbocycles. The van der Waals surface area contributed by atoms with E-state index < -0.39 is 35.6 Å². The summed E-state index contributed by atoms with van der Waals surface area (Å²) in [4.78, 5) is 31.1. The molecule has 3 heterocycles. The summed E-state index contributed by atoms with van der Waals surface area (Å²) in [7, 11) is 0. The number of ether oxygens (including phenoxy) is 2. The number of aromatic nitrogens is 1. The molecule has 38 heavy (non-hydrogen) atoms. The first kappa shape index (κ1) is 30.2. The van der Waals surface area contributed by atoms with Crippen LogP contribution in [0, 0.1) is 17.3 Å². The number of ketones is 1. The number of hydrogen-bond acceptors (Lipinski definition) is 7. The Bertz CT molecular complexity index is 1000. The van der Waals surface area contributed by atoms with Crippen LogP contribution in [0.5, 0.6) is 0 Å². The highest BCUT2D eigenvalue weighted by Crippen LogP contribution is 2.45. The summed E-state index contributed by atoms with van der Waals surface area (Å²) in [5, 5.41) is 22.3. The van der Waals surface area contributed by atoms with E-state index in [-0.39, 0.29) is 29.8 Å². The van der Waals surface area contributed by atoms with E-state index >= 15 is 0 Å². The highest BCUT2D eigenvalue weighted by atomic mass is 16.6. The Morgan fingerprint density at radius 2 is 1.97 bits per heavy atom. The van der Waals surface area contributed by atoms with Gasteiger partial charge in [0.25, 0.3) is 0 Å². The van der Waals surface area contributed by atoms with Gasteiger partial charge in [0.15, 0.2) is 0 Å². The highest BCUT2D eigenvalue weighted by Gasteiger charge is 2.53. The number of carbonyl (C=O) groups is 2. The van der Waals surface area contributed by atoms with Gasteiger partial charge in [-0.1, -0.05) is 39.3 Å². The normalized spacial score (nSPS) is 35.2. The number of fused-ring (bicyclic) bond motifs is 1. The van der Waals surface area contributed by atoms with Gasteiger partial charge in [-0.15, -0.1) is 6.58 Å². The Labute approximate surface area is 227 Å². The SMILES string of the molecule is C=CCC[C@H]1C(=O)C(C)(C)[C@H](O)CC(=O)O[C@H](/C(C)=C/c2ccccn2)C[C@H]2O[C@]2(C)CCC[C@H](C)[C@@H]1O. The van der Waals surface area contributed by atoms with Gasteiger partial charge in [-0.25, -0.2) is 0 Å². The zero-order valence-corrected chi connectivity index (χ0v) is 23.6. The van der Waals surface area contributed by atoms with Crippen molar-refractivity contribution in [1.29, 1.82) is 0 Å². The fraction of sp³-hybridized carbons (Fsp3) is 0.645. The minimum Gasteiger partial charge on any atom is -0.458 e. The molecule has 7 heteroatoms. The predicted octanol–water partition coefficient (Wildman–Crippen LogP) is 5.05. The molecule has 0 amide bonds. The van der Waals surface area contributed by atoms with E-state index in [4.69, 9.17) is 9.47 Å². The molecule has 210 valence electrons. The summed E-state index contributed by atoms with van der Waals surface area (Å²) in [6.07, 6.45) is 6.22. The Balaban J connectivity index is 1.88. The second-order valence-corrected chi connectivity index (χ2v) is 11.9. The van der Waals surface area contributed by atoms with E-state index in [1.54, 1.807) is 26.1 Å². The molecule has 0 spiro atoms. The summed E-state index contributed by atoms with van der Waals surface area (Å²) < 4.78 is 12.0. The maximum atomic E-state index is 13.7. The van der Waals surface area contributed by atoms with E-state index in [0.29, 0.717) is 19.3 Å². The molecule has 7 atom stereocenters. The van der Waals surface area contributed by atoms with Crippen LogP contribution in [0.25, 0.3) is 6.08 Å². The third-order valence-electron chi connectivity index (χ3n) is 8.48. The lowest BCUT2D eigenvalue weighted by atomic mass is 9.71. The maximum absolute atomic E-state index is 13.7. The predicted molar refractivity (Wildman–Crippen MR) is 147 cm³/mol. The van der Waals surface area contributed by atoms with Gasteiger partial charge in [0.05, 0.1) is 41.4 Å². The number of pyridine rings is 1. The molecular formula is C31H45NO6. The summed E-state index contributed by atoms with van der Waals surface area (Å²) >= 11 is 0. The third kappa shape index (κ3) is 7.39. The Morgan fingerprint density at radius 3 is 2.63 bits per heavy atom. The quantitative estimate of drug-likeness (QED) is 0.313. The zero-order valence-electron chi connectivity index (χ0n) is 23.6. The number of nitrogens with zero attached hydrogens (tertiary/aromatic N) is 1. The lowest BCUT2D eigenvalue weighted by Crippen LogP contribution is -2.46. The number of carbonyl (C=O) groups excluding carboxylic acids is 2. The lowest BCUT2D eigenvalue weighted by Gasteiger charge is -2.36. The maximum Gasteiger partial charge on any atom is 0.309 e. The first-order valence-electron chi connectivity index (χ1n) is 13.9. The van der Waals surface area contributed by atoms with Gasteiger partial charge in [-0.05, 0) is 69.2 Å². The molecule has 2 aliphatic rings. The van der Waals surface area contributed by atoms with Crippen LogP contribution < -0.4 is 0 Å². The molecule has 0 aromatic carbocycles. The molecule has 0 radical (unpaired) electrons. The van der Waals surface area contributed by atoms with Gasteiger partial charge in [-0.3, -0.25) is 14.6 Å². The van der Waals surface area contributed by atoms with Crippen molar-refractivity contribution in [3.8, 4) is 0 Å². The van der Waals surface area contributed by atoms with Crippen molar-refractivity contribution in [2.75, 3.05) is 0 Å². The van der Waals surface area contributed by atoms with Crippen LogP contribution in [0.3, 0.4) is 0 Å². The summed E-state index contributed by atoms with van der Waals surface area (Å²) in [5.74, 6) is -1.58. The van der Waals surface area contributed by atoms with E-state index in [1.807, 2.05) is 38.1 Å². The molecule has 0 bridgehead atoms. The van der Waals surface area contributed by atoms with Crippen molar-refractivity contribution in [3.05, 3.63) is 48.3 Å². The van der Waals surface area contributed by atoms with E-state index in [2.05, 4.69) is 18.5 Å². The molecule has 3 rings (SSSR count). The topological polar surface area (TPSA) is 109 Å². The van der Waals surface area contributed by atoms with Gasteiger partial charge in [-0.2, -0.15) is 0 Å². The molecule has 2 aliphatic heterocycles. The molecule has 1 aromatic rings. The van der Waals surface area contributed by atoms with Gasteiger partial charge < -0.3 is 19.7 Å². The van der Waals surface area contributed by atoms with Crippen LogP contribution in [0.2, 0.25) is 0 Å². The van der Waals surface area contributed by atoms with Gasteiger partial charge in [0.1, 0.15) is 11.9 Å². The number of rotatable bonds is 5. The van der Waals surface area contributed by atoms with Crippen LogP contribution in [-0.4, -0.2) is 57.0 Å². The zero-order chi connectivity index (χ0) is 28.1. The first-order valence-corrected chi connectivity index (χ1v) is 13.9. The third-order valence-corrected chi connectivity index (χ3v) is 8.48. The van der Waals surface area contributed by atoms with Gasteiger partial charge in [0, 0.05) is 18.5 Å². The molecular weight excluding hydrogens is 482 g/mol. The van der Waals surface area contributed by atoms with Gasteiger partial charge in [0.2, 0.25) is 0 Å². The van der Waals surface area contributed by atoms with Crippen LogP contribution >= 0.6 is 0 Å². The largest absolute Gasteiger partial charge is 0.458 e. The van der Waals surface area contributed by atoms with Crippen molar-refractivity contribution in [3.63, 3.8) is 0 Å². The van der Waals surface area contributed by atoms with Crippen LogP contribution in [0.15, 0.2) is 42.6 Å². The van der Waals surface area contributed by atoms with Crippen LogP contribution in [-0.2, 0) is 19.1 Å². The molecule has 0 unspecified atom stereocenters. The lowest BCUT2D eigenvalue weighted by molar-refractivity contribution is -0.154. The average Bonchev–Trinajstić information content (AvgIpc) is 3.51. The number of aliphatic hydroxyl groups is 2. The minimum atomic E-state index is -1.26. The van der Waals surface area contributed by atoms with Crippen molar-refractivity contribution in [2.45, 2.75) is 110 Å². The summed E-state index contributed by atoms with van der Waals surface area (Å²) in [5.41, 5.74) is 0.0338. The van der Waals surface area contributed by atoms with E-state index in [0.717, 1.165) is 30.5 Å².